The summed E-state index contributed by atoms with van der Waals surface area (Å²) in [6.07, 6.45) is 0.966. The van der Waals surface area contributed by atoms with Crippen molar-refractivity contribution in [2.45, 2.75) is 40.7 Å². The molecule has 0 saturated heterocycles. The second kappa shape index (κ2) is 8.97. The van der Waals surface area contributed by atoms with E-state index < -0.39 is 0 Å². The van der Waals surface area contributed by atoms with Gasteiger partial charge in [-0.1, -0.05) is 13.0 Å². The molecule has 0 aliphatic heterocycles. The van der Waals surface area contributed by atoms with Gasteiger partial charge in [-0.05, 0) is 84.1 Å². The lowest BCUT2D eigenvalue weighted by Crippen LogP contribution is -2.04. The van der Waals surface area contributed by atoms with Gasteiger partial charge in [0.15, 0.2) is 11.5 Å². The van der Waals surface area contributed by atoms with Crippen molar-refractivity contribution in [3.63, 3.8) is 0 Å². The molecule has 24 heavy (non-hydrogen) atoms. The van der Waals surface area contributed by atoms with Gasteiger partial charge in [0, 0.05) is 12.2 Å². The van der Waals surface area contributed by atoms with Crippen molar-refractivity contribution in [3.05, 3.63) is 51.5 Å². The first-order valence-electron chi connectivity index (χ1n) is 8.44. The molecule has 0 spiro atoms. The van der Waals surface area contributed by atoms with Gasteiger partial charge in [-0.3, -0.25) is 0 Å². The highest BCUT2D eigenvalue weighted by Gasteiger charge is 2.12. The van der Waals surface area contributed by atoms with Gasteiger partial charge in [-0.25, -0.2) is 0 Å². The summed E-state index contributed by atoms with van der Waals surface area (Å²) in [4.78, 5) is 0. The summed E-state index contributed by atoms with van der Waals surface area (Å²) in [5.74, 6) is 1.57. The standard InChI is InChI=1S/C20H26BrNO2/c1-5-9-24-20-18(21)11-16(12-19(20)23-6-2)13-22-17-8-7-14(3)15(4)10-17/h7-8,10-12,22H,5-6,9,13H2,1-4H3. The monoisotopic (exact) mass is 391 g/mol. The van der Waals surface area contributed by atoms with Crippen LogP contribution in [0.2, 0.25) is 0 Å². The van der Waals surface area contributed by atoms with E-state index in [1.165, 1.54) is 11.1 Å². The fourth-order valence-electron chi connectivity index (χ4n) is 2.39. The second-order valence-electron chi connectivity index (χ2n) is 5.84. The molecule has 4 heteroatoms. The van der Waals surface area contributed by atoms with Gasteiger partial charge in [0.05, 0.1) is 17.7 Å². The normalized spacial score (nSPS) is 10.5. The van der Waals surface area contributed by atoms with Crippen LogP contribution in [-0.4, -0.2) is 13.2 Å². The van der Waals surface area contributed by atoms with Gasteiger partial charge in [0.25, 0.3) is 0 Å². The predicted octanol–water partition coefficient (Wildman–Crippen LogP) is 5.87. The summed E-state index contributed by atoms with van der Waals surface area (Å²) in [6, 6.07) is 10.6. The molecule has 2 aromatic rings. The molecule has 1 N–H and O–H groups in total. The Morgan fingerprint density at radius 2 is 1.79 bits per heavy atom. The molecule has 2 rings (SSSR count). The van der Waals surface area contributed by atoms with Crippen LogP contribution < -0.4 is 14.8 Å². The van der Waals surface area contributed by atoms with Crippen LogP contribution >= 0.6 is 15.9 Å². The minimum atomic E-state index is 0.614. The number of benzene rings is 2. The molecule has 0 saturated carbocycles. The van der Waals surface area contributed by atoms with E-state index in [1.807, 2.05) is 13.0 Å². The van der Waals surface area contributed by atoms with Crippen molar-refractivity contribution in [3.8, 4) is 11.5 Å². The van der Waals surface area contributed by atoms with Crippen molar-refractivity contribution in [2.75, 3.05) is 18.5 Å². The van der Waals surface area contributed by atoms with Gasteiger partial charge in [0.2, 0.25) is 0 Å². The molecule has 0 aromatic heterocycles. The van der Waals surface area contributed by atoms with Crippen molar-refractivity contribution in [1.82, 2.24) is 0 Å². The first kappa shape index (κ1) is 18.7. The molecule has 0 amide bonds. The molecule has 0 heterocycles. The number of anilines is 1. The Morgan fingerprint density at radius 3 is 2.46 bits per heavy atom. The molecule has 130 valence electrons. The van der Waals surface area contributed by atoms with E-state index in [4.69, 9.17) is 9.47 Å². The Labute approximate surface area is 153 Å². The lowest BCUT2D eigenvalue weighted by Gasteiger charge is -2.16. The van der Waals surface area contributed by atoms with Crippen LogP contribution in [0.15, 0.2) is 34.8 Å². The fourth-order valence-corrected chi connectivity index (χ4v) is 2.99. The van der Waals surface area contributed by atoms with Crippen LogP contribution in [0.1, 0.15) is 37.0 Å². The maximum atomic E-state index is 5.82. The number of halogens is 1. The largest absolute Gasteiger partial charge is 0.490 e. The molecular formula is C20H26BrNO2. The molecular weight excluding hydrogens is 366 g/mol. The minimum Gasteiger partial charge on any atom is -0.490 e. The van der Waals surface area contributed by atoms with Gasteiger partial charge in [0.1, 0.15) is 0 Å². The molecule has 0 bridgehead atoms. The van der Waals surface area contributed by atoms with Crippen molar-refractivity contribution < 1.29 is 9.47 Å². The highest BCUT2D eigenvalue weighted by atomic mass is 79.9. The quantitative estimate of drug-likeness (QED) is 0.610. The maximum absolute atomic E-state index is 5.82. The van der Waals surface area contributed by atoms with Crippen LogP contribution in [-0.2, 0) is 6.54 Å². The Hall–Kier alpha value is -1.68. The van der Waals surface area contributed by atoms with Gasteiger partial charge < -0.3 is 14.8 Å². The average Bonchev–Trinajstić information content (AvgIpc) is 2.55. The van der Waals surface area contributed by atoms with Crippen molar-refractivity contribution in [2.24, 2.45) is 0 Å². The van der Waals surface area contributed by atoms with Crippen LogP contribution in [0.25, 0.3) is 0 Å². The molecule has 0 aliphatic carbocycles. The molecule has 0 atom stereocenters. The summed E-state index contributed by atoms with van der Waals surface area (Å²) in [6.45, 7) is 10.4. The molecule has 3 nitrogen and oxygen atoms in total. The first-order valence-corrected chi connectivity index (χ1v) is 9.23. The Kier molecular flexibility index (Phi) is 6.98. The number of hydrogen-bond acceptors (Lipinski definition) is 3. The van der Waals surface area contributed by atoms with E-state index in [0.717, 1.165) is 40.2 Å². The Balaban J connectivity index is 2.16. The third-order valence-electron chi connectivity index (χ3n) is 3.82. The number of nitrogens with one attached hydrogen (secondary N) is 1. The summed E-state index contributed by atoms with van der Waals surface area (Å²) in [5.41, 5.74) is 4.87. The Bertz CT molecular complexity index is 686. The number of hydrogen-bond donors (Lipinski definition) is 1. The first-order chi connectivity index (χ1) is 11.5. The number of ether oxygens (including phenoxy) is 2. The van der Waals surface area contributed by atoms with E-state index in [2.05, 4.69) is 66.3 Å². The summed E-state index contributed by atoms with van der Waals surface area (Å²) < 4.78 is 12.5. The van der Waals surface area contributed by atoms with Crippen molar-refractivity contribution >= 4 is 21.6 Å². The lowest BCUT2D eigenvalue weighted by atomic mass is 10.1. The van der Waals surface area contributed by atoms with E-state index >= 15 is 0 Å². The molecule has 0 unspecified atom stereocenters. The third-order valence-corrected chi connectivity index (χ3v) is 4.41. The van der Waals surface area contributed by atoms with Gasteiger partial charge in [-0.15, -0.1) is 0 Å². The zero-order valence-electron chi connectivity index (χ0n) is 14.9. The lowest BCUT2D eigenvalue weighted by molar-refractivity contribution is 0.275. The smallest absolute Gasteiger partial charge is 0.175 e. The van der Waals surface area contributed by atoms with E-state index in [-0.39, 0.29) is 0 Å². The summed E-state index contributed by atoms with van der Waals surface area (Å²) in [7, 11) is 0. The number of rotatable bonds is 8. The second-order valence-corrected chi connectivity index (χ2v) is 6.69. The van der Waals surface area contributed by atoms with E-state index in [1.54, 1.807) is 0 Å². The van der Waals surface area contributed by atoms with E-state index in [0.29, 0.717) is 13.2 Å². The Morgan fingerprint density at radius 1 is 1.00 bits per heavy atom. The number of aryl methyl sites for hydroxylation is 2. The highest BCUT2D eigenvalue weighted by Crippen LogP contribution is 2.37. The zero-order valence-corrected chi connectivity index (χ0v) is 16.5. The predicted molar refractivity (Wildman–Crippen MR) is 104 cm³/mol. The van der Waals surface area contributed by atoms with E-state index in [9.17, 15) is 0 Å². The van der Waals surface area contributed by atoms with Crippen LogP contribution in [0.5, 0.6) is 11.5 Å². The van der Waals surface area contributed by atoms with Crippen LogP contribution in [0.4, 0.5) is 5.69 Å². The summed E-state index contributed by atoms with van der Waals surface area (Å²) >= 11 is 3.61. The minimum absolute atomic E-state index is 0.614. The molecule has 0 radical (unpaired) electrons. The zero-order chi connectivity index (χ0) is 17.5. The van der Waals surface area contributed by atoms with Crippen LogP contribution in [0.3, 0.4) is 0 Å². The summed E-state index contributed by atoms with van der Waals surface area (Å²) in [5, 5.41) is 3.47. The highest BCUT2D eigenvalue weighted by molar-refractivity contribution is 9.10. The molecule has 0 fully saturated rings. The van der Waals surface area contributed by atoms with Gasteiger partial charge >= 0.3 is 0 Å². The van der Waals surface area contributed by atoms with Crippen molar-refractivity contribution in [1.29, 1.82) is 0 Å². The SMILES string of the molecule is CCCOc1c(Br)cc(CNc2ccc(C)c(C)c2)cc1OCC. The topological polar surface area (TPSA) is 30.5 Å². The third kappa shape index (κ3) is 4.91. The average molecular weight is 392 g/mol. The molecule has 0 aliphatic rings. The maximum Gasteiger partial charge on any atom is 0.175 e. The molecule has 2 aromatic carbocycles. The fraction of sp³-hybridized carbons (Fsp3) is 0.400. The van der Waals surface area contributed by atoms with Gasteiger partial charge in [-0.2, -0.15) is 0 Å². The van der Waals surface area contributed by atoms with Crippen LogP contribution in [0, 0.1) is 13.8 Å².